The van der Waals surface area contributed by atoms with Crippen molar-refractivity contribution < 1.29 is 13.5 Å². The lowest BCUT2D eigenvalue weighted by atomic mass is 9.74. The van der Waals surface area contributed by atoms with Gasteiger partial charge in [-0.05, 0) is 61.6 Å². The number of hydrogen-bond donors (Lipinski definition) is 1. The highest BCUT2D eigenvalue weighted by Crippen LogP contribution is 2.54. The SMILES string of the molecule is CS(=O)(=O)c1ccc(C(O)C(CC2(C#N)CC2)C2CCN(c3ncc(Cl)cn3)CC2)cc1. The topological polar surface area (TPSA) is 107 Å². The molecular formula is C23H27ClN4O3S. The number of anilines is 1. The van der Waals surface area contributed by atoms with Gasteiger partial charge in [0.1, 0.15) is 0 Å². The number of piperidine rings is 1. The predicted octanol–water partition coefficient (Wildman–Crippen LogP) is 3.79. The largest absolute Gasteiger partial charge is 0.388 e. The second-order valence-electron chi connectivity index (χ2n) is 9.07. The summed E-state index contributed by atoms with van der Waals surface area (Å²) in [7, 11) is -3.29. The number of hydrogen-bond acceptors (Lipinski definition) is 7. The molecule has 2 aliphatic rings. The number of aromatic nitrogens is 2. The molecule has 1 N–H and O–H groups in total. The van der Waals surface area contributed by atoms with Gasteiger partial charge in [-0.15, -0.1) is 0 Å². The van der Waals surface area contributed by atoms with Crippen molar-refractivity contribution in [2.45, 2.75) is 43.1 Å². The van der Waals surface area contributed by atoms with E-state index in [4.69, 9.17) is 11.6 Å². The summed E-state index contributed by atoms with van der Waals surface area (Å²) in [4.78, 5) is 11.0. The van der Waals surface area contributed by atoms with Crippen LogP contribution in [0.2, 0.25) is 5.02 Å². The number of aliphatic hydroxyl groups is 1. The molecule has 0 spiro atoms. The van der Waals surface area contributed by atoms with Gasteiger partial charge in [-0.3, -0.25) is 0 Å². The molecule has 0 amide bonds. The van der Waals surface area contributed by atoms with Gasteiger partial charge in [0, 0.05) is 19.3 Å². The molecule has 0 bridgehead atoms. The van der Waals surface area contributed by atoms with Gasteiger partial charge in [0.25, 0.3) is 0 Å². The standard InChI is InChI=1S/C23H27ClN4O3S/c1-32(30,31)19-4-2-17(3-5-19)21(29)20(12-23(15-25)8-9-23)16-6-10-28(11-7-16)22-26-13-18(24)14-27-22/h2-5,13-14,16,20-21,29H,6-12H2,1H3. The molecule has 1 saturated carbocycles. The first kappa shape index (κ1) is 23.0. The lowest BCUT2D eigenvalue weighted by molar-refractivity contribution is 0.0480. The lowest BCUT2D eigenvalue weighted by Crippen LogP contribution is -2.39. The first-order valence-electron chi connectivity index (χ1n) is 10.8. The molecule has 1 saturated heterocycles. The second kappa shape index (κ2) is 8.97. The van der Waals surface area contributed by atoms with Crippen molar-refractivity contribution in [2.75, 3.05) is 24.2 Å². The van der Waals surface area contributed by atoms with Gasteiger partial charge < -0.3 is 10.0 Å². The van der Waals surface area contributed by atoms with Crippen molar-refractivity contribution in [1.29, 1.82) is 5.26 Å². The number of benzene rings is 1. The Labute approximate surface area is 194 Å². The fourth-order valence-corrected chi connectivity index (χ4v) is 5.38. The summed E-state index contributed by atoms with van der Waals surface area (Å²) in [6.07, 6.45) is 7.71. The summed E-state index contributed by atoms with van der Waals surface area (Å²) in [6.45, 7) is 1.53. The number of nitrogens with zero attached hydrogens (tertiary/aromatic N) is 4. The smallest absolute Gasteiger partial charge is 0.225 e. The number of halogens is 1. The second-order valence-corrected chi connectivity index (χ2v) is 11.5. The minimum absolute atomic E-state index is 0.0745. The van der Waals surface area contributed by atoms with Crippen LogP contribution in [0.15, 0.2) is 41.6 Å². The van der Waals surface area contributed by atoms with Crippen LogP contribution in [0.1, 0.15) is 43.8 Å². The van der Waals surface area contributed by atoms with Crippen molar-refractivity contribution in [3.63, 3.8) is 0 Å². The van der Waals surface area contributed by atoms with E-state index in [1.165, 1.54) is 6.26 Å². The summed E-state index contributed by atoms with van der Waals surface area (Å²) in [6, 6.07) is 8.93. The van der Waals surface area contributed by atoms with Gasteiger partial charge in [0.15, 0.2) is 9.84 Å². The number of nitriles is 1. The number of rotatable bonds is 7. The maximum Gasteiger partial charge on any atom is 0.225 e. The lowest BCUT2D eigenvalue weighted by Gasteiger charge is -2.39. The van der Waals surface area contributed by atoms with Gasteiger partial charge in [0.05, 0.1) is 39.9 Å². The molecule has 1 aliphatic heterocycles. The van der Waals surface area contributed by atoms with Crippen molar-refractivity contribution >= 4 is 27.4 Å². The number of sulfone groups is 1. The van der Waals surface area contributed by atoms with Crippen molar-refractivity contribution in [1.82, 2.24) is 9.97 Å². The van der Waals surface area contributed by atoms with Crippen LogP contribution >= 0.6 is 11.6 Å². The van der Waals surface area contributed by atoms with E-state index in [0.29, 0.717) is 23.0 Å². The number of aliphatic hydroxyl groups excluding tert-OH is 1. The average molecular weight is 475 g/mol. The molecular weight excluding hydrogens is 448 g/mol. The Hall–Kier alpha value is -2.21. The molecule has 9 heteroatoms. The Balaban J connectivity index is 1.51. The maximum atomic E-state index is 11.8. The molecule has 4 rings (SSSR count). The highest BCUT2D eigenvalue weighted by atomic mass is 35.5. The van der Waals surface area contributed by atoms with E-state index in [-0.39, 0.29) is 22.1 Å². The van der Waals surface area contributed by atoms with Gasteiger partial charge in [-0.1, -0.05) is 23.7 Å². The molecule has 7 nitrogen and oxygen atoms in total. The first-order valence-corrected chi connectivity index (χ1v) is 13.1. The normalized spacial score (nSPS) is 20.4. The third-order valence-electron chi connectivity index (χ3n) is 6.81. The van der Waals surface area contributed by atoms with E-state index in [1.54, 1.807) is 36.7 Å². The molecule has 0 radical (unpaired) electrons. The van der Waals surface area contributed by atoms with Crippen LogP contribution in [0.3, 0.4) is 0 Å². The minimum Gasteiger partial charge on any atom is -0.388 e. The molecule has 2 aromatic rings. The fourth-order valence-electron chi connectivity index (χ4n) is 4.66. The minimum atomic E-state index is -3.29. The zero-order valence-corrected chi connectivity index (χ0v) is 19.6. The molecule has 1 aromatic heterocycles. The monoisotopic (exact) mass is 474 g/mol. The zero-order chi connectivity index (χ0) is 22.9. The highest BCUT2D eigenvalue weighted by Gasteiger charge is 2.48. The Morgan fingerprint density at radius 2 is 1.81 bits per heavy atom. The summed E-state index contributed by atoms with van der Waals surface area (Å²) >= 11 is 5.89. The van der Waals surface area contributed by atoms with E-state index in [9.17, 15) is 18.8 Å². The molecule has 32 heavy (non-hydrogen) atoms. The molecule has 1 aliphatic carbocycles. The summed E-state index contributed by atoms with van der Waals surface area (Å²) < 4.78 is 23.6. The summed E-state index contributed by atoms with van der Waals surface area (Å²) in [5, 5.41) is 21.5. The zero-order valence-electron chi connectivity index (χ0n) is 18.0. The quantitative estimate of drug-likeness (QED) is 0.650. The highest BCUT2D eigenvalue weighted by molar-refractivity contribution is 7.90. The van der Waals surface area contributed by atoms with Crippen LogP contribution in [0, 0.1) is 28.6 Å². The van der Waals surface area contributed by atoms with E-state index in [2.05, 4.69) is 20.9 Å². The average Bonchev–Trinajstić information content (AvgIpc) is 3.57. The van der Waals surface area contributed by atoms with Gasteiger partial charge in [-0.25, -0.2) is 18.4 Å². The van der Waals surface area contributed by atoms with Crippen LogP contribution < -0.4 is 4.90 Å². The van der Waals surface area contributed by atoms with Crippen LogP contribution in [-0.4, -0.2) is 42.8 Å². The van der Waals surface area contributed by atoms with Crippen molar-refractivity contribution in [3.05, 3.63) is 47.2 Å². The van der Waals surface area contributed by atoms with E-state index < -0.39 is 15.9 Å². The van der Waals surface area contributed by atoms with Crippen LogP contribution in [-0.2, 0) is 9.84 Å². The van der Waals surface area contributed by atoms with Gasteiger partial charge >= 0.3 is 0 Å². The molecule has 1 aromatic carbocycles. The molecule has 2 fully saturated rings. The van der Waals surface area contributed by atoms with Crippen LogP contribution in [0.25, 0.3) is 0 Å². The van der Waals surface area contributed by atoms with Gasteiger partial charge in [0.2, 0.25) is 5.95 Å². The summed E-state index contributed by atoms with van der Waals surface area (Å²) in [5.74, 6) is 0.820. The summed E-state index contributed by atoms with van der Waals surface area (Å²) in [5.41, 5.74) is 0.356. The molecule has 2 unspecified atom stereocenters. The van der Waals surface area contributed by atoms with Gasteiger partial charge in [-0.2, -0.15) is 5.26 Å². The molecule has 170 valence electrons. The Bertz CT molecular complexity index is 1090. The third kappa shape index (κ3) is 5.06. The van der Waals surface area contributed by atoms with Crippen molar-refractivity contribution in [3.8, 4) is 6.07 Å². The molecule has 2 atom stereocenters. The van der Waals surface area contributed by atoms with Crippen molar-refractivity contribution in [2.24, 2.45) is 17.3 Å². The predicted molar refractivity (Wildman–Crippen MR) is 122 cm³/mol. The fraction of sp³-hybridized carbons (Fsp3) is 0.522. The van der Waals surface area contributed by atoms with E-state index in [0.717, 1.165) is 38.8 Å². The first-order chi connectivity index (χ1) is 15.2. The maximum absolute atomic E-state index is 11.8. The van der Waals surface area contributed by atoms with Crippen LogP contribution in [0.5, 0.6) is 0 Å². The van der Waals surface area contributed by atoms with E-state index >= 15 is 0 Å². The van der Waals surface area contributed by atoms with Crippen LogP contribution in [0.4, 0.5) is 5.95 Å². The van der Waals surface area contributed by atoms with E-state index in [1.807, 2.05) is 0 Å². The Morgan fingerprint density at radius 3 is 2.31 bits per heavy atom. The Kier molecular flexibility index (Phi) is 6.44. The Morgan fingerprint density at radius 1 is 1.22 bits per heavy atom. The molecule has 2 heterocycles. The third-order valence-corrected chi connectivity index (χ3v) is 8.13.